The second-order valence-corrected chi connectivity index (χ2v) is 3.80. The van der Waals surface area contributed by atoms with E-state index in [9.17, 15) is 4.79 Å². The van der Waals surface area contributed by atoms with Crippen LogP contribution in [0.25, 0.3) is 6.08 Å². The molecular formula is C11H13NO2. The Morgan fingerprint density at radius 2 is 2.36 bits per heavy atom. The quantitative estimate of drug-likeness (QED) is 0.742. The number of hydrogen-bond donors (Lipinski definition) is 1. The Morgan fingerprint density at radius 3 is 2.93 bits per heavy atom. The number of nitrogens with two attached hydrogens (primary N) is 1. The molecule has 1 aliphatic carbocycles. The van der Waals surface area contributed by atoms with Crippen LogP contribution >= 0.6 is 0 Å². The van der Waals surface area contributed by atoms with Crippen LogP contribution in [0.4, 0.5) is 0 Å². The SMILES string of the molecule is CC1CC1c1ccc(/C=C/C(N)=O)o1. The molecule has 14 heavy (non-hydrogen) atoms. The minimum Gasteiger partial charge on any atom is -0.461 e. The zero-order valence-electron chi connectivity index (χ0n) is 8.07. The molecule has 74 valence electrons. The molecule has 0 saturated heterocycles. The molecule has 0 aliphatic heterocycles. The molecular weight excluding hydrogens is 178 g/mol. The Balaban J connectivity index is 2.06. The van der Waals surface area contributed by atoms with Gasteiger partial charge >= 0.3 is 0 Å². The fraction of sp³-hybridized carbons (Fsp3) is 0.364. The van der Waals surface area contributed by atoms with Crippen LogP contribution in [0.3, 0.4) is 0 Å². The molecule has 2 rings (SSSR count). The molecule has 1 saturated carbocycles. The number of amides is 1. The second kappa shape index (κ2) is 3.33. The van der Waals surface area contributed by atoms with Crippen LogP contribution in [0.5, 0.6) is 0 Å². The molecule has 1 amide bonds. The van der Waals surface area contributed by atoms with Crippen molar-refractivity contribution in [3.8, 4) is 0 Å². The van der Waals surface area contributed by atoms with Gasteiger partial charge in [-0.2, -0.15) is 0 Å². The second-order valence-electron chi connectivity index (χ2n) is 3.80. The molecule has 3 heteroatoms. The molecule has 1 fully saturated rings. The molecule has 2 unspecified atom stereocenters. The van der Waals surface area contributed by atoms with E-state index in [1.54, 1.807) is 6.08 Å². The summed E-state index contributed by atoms with van der Waals surface area (Å²) in [5.41, 5.74) is 4.97. The van der Waals surface area contributed by atoms with Crippen molar-refractivity contribution >= 4 is 12.0 Å². The van der Waals surface area contributed by atoms with Gasteiger partial charge in [0.05, 0.1) is 0 Å². The van der Waals surface area contributed by atoms with Crippen molar-refractivity contribution < 1.29 is 9.21 Å². The Labute approximate surface area is 82.6 Å². The van der Waals surface area contributed by atoms with Crippen LogP contribution in [-0.2, 0) is 4.79 Å². The van der Waals surface area contributed by atoms with Crippen molar-refractivity contribution in [1.29, 1.82) is 0 Å². The van der Waals surface area contributed by atoms with E-state index in [4.69, 9.17) is 10.2 Å². The van der Waals surface area contributed by atoms with Gasteiger partial charge in [0, 0.05) is 12.0 Å². The first kappa shape index (κ1) is 9.06. The Bertz CT molecular complexity index is 378. The zero-order valence-corrected chi connectivity index (χ0v) is 8.07. The molecule has 1 aliphatic rings. The zero-order chi connectivity index (χ0) is 10.1. The third kappa shape index (κ3) is 1.87. The van der Waals surface area contributed by atoms with Crippen molar-refractivity contribution in [2.75, 3.05) is 0 Å². The lowest BCUT2D eigenvalue weighted by atomic mass is 10.3. The summed E-state index contributed by atoms with van der Waals surface area (Å²) in [7, 11) is 0. The van der Waals surface area contributed by atoms with E-state index in [1.165, 1.54) is 12.5 Å². The van der Waals surface area contributed by atoms with Crippen molar-refractivity contribution in [2.24, 2.45) is 11.7 Å². The van der Waals surface area contributed by atoms with E-state index in [2.05, 4.69) is 6.92 Å². The number of primary amides is 1. The van der Waals surface area contributed by atoms with E-state index in [0.29, 0.717) is 11.7 Å². The normalized spacial score (nSPS) is 25.5. The van der Waals surface area contributed by atoms with Crippen molar-refractivity contribution in [2.45, 2.75) is 19.3 Å². The van der Waals surface area contributed by atoms with E-state index in [1.807, 2.05) is 12.1 Å². The first-order valence-electron chi connectivity index (χ1n) is 4.74. The summed E-state index contributed by atoms with van der Waals surface area (Å²) in [5.74, 6) is 2.56. The fourth-order valence-electron chi connectivity index (χ4n) is 1.54. The number of rotatable bonds is 3. The van der Waals surface area contributed by atoms with Crippen molar-refractivity contribution in [3.63, 3.8) is 0 Å². The van der Waals surface area contributed by atoms with Gasteiger partial charge in [-0.25, -0.2) is 0 Å². The van der Waals surface area contributed by atoms with Crippen molar-refractivity contribution in [3.05, 3.63) is 29.7 Å². The van der Waals surface area contributed by atoms with Crippen LogP contribution in [0, 0.1) is 5.92 Å². The van der Waals surface area contributed by atoms with Gasteiger partial charge in [0.1, 0.15) is 11.5 Å². The summed E-state index contributed by atoms with van der Waals surface area (Å²) in [6, 6.07) is 3.83. The van der Waals surface area contributed by atoms with Crippen LogP contribution in [0.1, 0.15) is 30.8 Å². The summed E-state index contributed by atoms with van der Waals surface area (Å²) in [6.07, 6.45) is 4.10. The highest BCUT2D eigenvalue weighted by Gasteiger charge is 2.36. The summed E-state index contributed by atoms with van der Waals surface area (Å²) in [6.45, 7) is 2.20. The third-order valence-electron chi connectivity index (χ3n) is 2.53. The molecule has 2 atom stereocenters. The number of furan rings is 1. The molecule has 0 spiro atoms. The predicted molar refractivity (Wildman–Crippen MR) is 53.5 cm³/mol. The van der Waals surface area contributed by atoms with Crippen molar-refractivity contribution in [1.82, 2.24) is 0 Å². The fourth-order valence-corrected chi connectivity index (χ4v) is 1.54. The summed E-state index contributed by atoms with van der Waals surface area (Å²) in [5, 5.41) is 0. The largest absolute Gasteiger partial charge is 0.461 e. The van der Waals surface area contributed by atoms with E-state index in [-0.39, 0.29) is 0 Å². The standard InChI is InChI=1S/C11H13NO2/c1-7-6-9(7)10-4-2-8(14-10)3-5-11(12)13/h2-5,7,9H,6H2,1H3,(H2,12,13)/b5-3+. The molecule has 0 radical (unpaired) electrons. The van der Waals surface area contributed by atoms with Gasteiger partial charge < -0.3 is 10.2 Å². The molecule has 1 heterocycles. The highest BCUT2D eigenvalue weighted by molar-refractivity contribution is 5.89. The number of carbonyl (C=O) groups is 1. The minimum absolute atomic E-state index is 0.456. The van der Waals surface area contributed by atoms with Gasteiger partial charge in [-0.3, -0.25) is 4.79 Å². The van der Waals surface area contributed by atoms with E-state index in [0.717, 1.165) is 11.7 Å². The van der Waals surface area contributed by atoms with E-state index >= 15 is 0 Å². The van der Waals surface area contributed by atoms with Gasteiger partial charge in [0.25, 0.3) is 0 Å². The maximum atomic E-state index is 10.5. The molecule has 3 nitrogen and oxygen atoms in total. The van der Waals surface area contributed by atoms with Gasteiger partial charge in [-0.1, -0.05) is 6.92 Å². The lowest BCUT2D eigenvalue weighted by Gasteiger charge is -1.89. The average molecular weight is 191 g/mol. The van der Waals surface area contributed by atoms with E-state index < -0.39 is 5.91 Å². The smallest absolute Gasteiger partial charge is 0.241 e. The first-order chi connectivity index (χ1) is 6.66. The highest BCUT2D eigenvalue weighted by Crippen LogP contribution is 2.47. The average Bonchev–Trinajstić information content (AvgIpc) is 2.68. The lowest BCUT2D eigenvalue weighted by molar-refractivity contribution is -0.113. The van der Waals surface area contributed by atoms with Gasteiger partial charge in [0.2, 0.25) is 5.91 Å². The Hall–Kier alpha value is -1.51. The summed E-state index contributed by atoms with van der Waals surface area (Å²) in [4.78, 5) is 10.5. The third-order valence-corrected chi connectivity index (χ3v) is 2.53. The molecule has 0 bridgehead atoms. The predicted octanol–water partition coefficient (Wildman–Crippen LogP) is 1.90. The van der Waals surface area contributed by atoms with Crippen LogP contribution < -0.4 is 5.73 Å². The topological polar surface area (TPSA) is 56.2 Å². The molecule has 1 aromatic heterocycles. The van der Waals surface area contributed by atoms with Gasteiger partial charge in [-0.15, -0.1) is 0 Å². The minimum atomic E-state index is -0.456. The Kier molecular flexibility index (Phi) is 2.15. The molecule has 1 aromatic rings. The number of hydrogen-bond acceptors (Lipinski definition) is 2. The monoisotopic (exact) mass is 191 g/mol. The van der Waals surface area contributed by atoms with Crippen LogP contribution in [-0.4, -0.2) is 5.91 Å². The first-order valence-corrected chi connectivity index (χ1v) is 4.74. The highest BCUT2D eigenvalue weighted by atomic mass is 16.3. The molecule has 0 aromatic carbocycles. The maximum absolute atomic E-state index is 10.5. The Morgan fingerprint density at radius 1 is 1.64 bits per heavy atom. The summed E-state index contributed by atoms with van der Waals surface area (Å²) >= 11 is 0. The molecule has 2 N–H and O–H groups in total. The van der Waals surface area contributed by atoms with Crippen LogP contribution in [0.2, 0.25) is 0 Å². The lowest BCUT2D eigenvalue weighted by Crippen LogP contribution is -2.04. The van der Waals surface area contributed by atoms with Gasteiger partial charge in [-0.05, 0) is 30.5 Å². The van der Waals surface area contributed by atoms with Crippen LogP contribution in [0.15, 0.2) is 22.6 Å². The van der Waals surface area contributed by atoms with Gasteiger partial charge in [0.15, 0.2) is 0 Å². The number of carbonyl (C=O) groups excluding carboxylic acids is 1. The summed E-state index contributed by atoms with van der Waals surface area (Å²) < 4.78 is 5.53. The maximum Gasteiger partial charge on any atom is 0.241 e.